The number of rotatable bonds is 5. The third-order valence-corrected chi connectivity index (χ3v) is 5.73. The minimum atomic E-state index is 0. The summed E-state index contributed by atoms with van der Waals surface area (Å²) in [7, 11) is 1.91. The lowest BCUT2D eigenvalue weighted by molar-refractivity contribution is 0.167. The molecule has 1 atom stereocenters. The highest BCUT2D eigenvalue weighted by molar-refractivity contribution is 14.0. The van der Waals surface area contributed by atoms with Gasteiger partial charge >= 0.3 is 0 Å². The Hall–Kier alpha value is -0.860. The standard InChI is InChI=1S/C21H35N5.HI/c1-3-24-11-7-10-20(18-24)16-23-21(22-2)26-14-12-25(13-15-26)17-19-8-5-4-6-9-19;/h4-6,8-9,20H,3,7,10-18H2,1-2H3,(H,22,23);1H. The molecule has 1 unspecified atom stereocenters. The molecular weight excluding hydrogens is 449 g/mol. The van der Waals surface area contributed by atoms with E-state index in [-0.39, 0.29) is 24.0 Å². The maximum absolute atomic E-state index is 4.54. The van der Waals surface area contributed by atoms with Crippen molar-refractivity contribution >= 4 is 29.9 Å². The van der Waals surface area contributed by atoms with Crippen LogP contribution in [0.5, 0.6) is 0 Å². The van der Waals surface area contributed by atoms with Gasteiger partial charge in [0.2, 0.25) is 0 Å². The summed E-state index contributed by atoms with van der Waals surface area (Å²) < 4.78 is 0. The molecule has 2 heterocycles. The first-order valence-electron chi connectivity index (χ1n) is 10.2. The fourth-order valence-corrected chi connectivity index (χ4v) is 4.13. The number of aliphatic imine (C=N–C) groups is 1. The summed E-state index contributed by atoms with van der Waals surface area (Å²) in [5.41, 5.74) is 1.40. The molecule has 0 aliphatic carbocycles. The van der Waals surface area contributed by atoms with E-state index in [1.54, 1.807) is 0 Å². The van der Waals surface area contributed by atoms with E-state index in [4.69, 9.17) is 0 Å². The Labute approximate surface area is 182 Å². The van der Waals surface area contributed by atoms with E-state index in [0.29, 0.717) is 0 Å². The minimum absolute atomic E-state index is 0. The van der Waals surface area contributed by atoms with Gasteiger partial charge < -0.3 is 15.1 Å². The van der Waals surface area contributed by atoms with Crippen LogP contribution in [-0.2, 0) is 6.54 Å². The second-order valence-corrected chi connectivity index (χ2v) is 7.58. The van der Waals surface area contributed by atoms with Crippen LogP contribution in [0.1, 0.15) is 25.3 Å². The molecule has 0 spiro atoms. The lowest BCUT2D eigenvalue weighted by Crippen LogP contribution is -2.53. The van der Waals surface area contributed by atoms with Crippen molar-refractivity contribution in [2.45, 2.75) is 26.3 Å². The molecule has 3 rings (SSSR count). The smallest absolute Gasteiger partial charge is 0.193 e. The molecule has 0 radical (unpaired) electrons. The van der Waals surface area contributed by atoms with Crippen LogP contribution in [0.4, 0.5) is 0 Å². The SMILES string of the molecule is CCN1CCCC(CNC(=NC)N2CCN(Cc3ccccc3)CC2)C1.I. The molecule has 2 aliphatic heterocycles. The van der Waals surface area contributed by atoms with Crippen LogP contribution in [-0.4, -0.2) is 80.1 Å². The van der Waals surface area contributed by atoms with Crippen LogP contribution in [0, 0.1) is 5.92 Å². The van der Waals surface area contributed by atoms with Gasteiger partial charge in [0.25, 0.3) is 0 Å². The maximum Gasteiger partial charge on any atom is 0.193 e. The number of nitrogens with zero attached hydrogens (tertiary/aromatic N) is 4. The number of hydrogen-bond donors (Lipinski definition) is 1. The topological polar surface area (TPSA) is 34.1 Å². The molecular formula is C21H36IN5. The Morgan fingerprint density at radius 1 is 1.07 bits per heavy atom. The zero-order valence-corrected chi connectivity index (χ0v) is 19.3. The second-order valence-electron chi connectivity index (χ2n) is 7.58. The summed E-state index contributed by atoms with van der Waals surface area (Å²) in [6, 6.07) is 10.8. The number of hydrogen-bond acceptors (Lipinski definition) is 3. The quantitative estimate of drug-likeness (QED) is 0.395. The van der Waals surface area contributed by atoms with E-state index >= 15 is 0 Å². The van der Waals surface area contributed by atoms with Crippen molar-refractivity contribution in [2.24, 2.45) is 10.9 Å². The van der Waals surface area contributed by atoms with Gasteiger partial charge in [0, 0.05) is 52.9 Å². The van der Waals surface area contributed by atoms with Crippen molar-refractivity contribution in [1.29, 1.82) is 0 Å². The number of likely N-dealkylation sites (tertiary alicyclic amines) is 1. The summed E-state index contributed by atoms with van der Waals surface area (Å²) in [6.07, 6.45) is 2.67. The normalized spacial score (nSPS) is 22.4. The summed E-state index contributed by atoms with van der Waals surface area (Å²) in [5.74, 6) is 1.83. The Morgan fingerprint density at radius 3 is 2.48 bits per heavy atom. The van der Waals surface area contributed by atoms with E-state index in [1.165, 1.54) is 38.0 Å². The number of piperazine rings is 1. The summed E-state index contributed by atoms with van der Waals surface area (Å²) in [5, 5.41) is 3.65. The average Bonchev–Trinajstić information content (AvgIpc) is 2.70. The third-order valence-electron chi connectivity index (χ3n) is 5.73. The molecule has 27 heavy (non-hydrogen) atoms. The largest absolute Gasteiger partial charge is 0.356 e. The zero-order valence-electron chi connectivity index (χ0n) is 16.9. The van der Waals surface area contributed by atoms with Gasteiger partial charge in [-0.15, -0.1) is 24.0 Å². The van der Waals surface area contributed by atoms with Gasteiger partial charge in [-0.3, -0.25) is 9.89 Å². The van der Waals surface area contributed by atoms with Gasteiger partial charge in [0.15, 0.2) is 5.96 Å². The molecule has 0 saturated carbocycles. The number of benzene rings is 1. The van der Waals surface area contributed by atoms with E-state index in [0.717, 1.165) is 51.1 Å². The highest BCUT2D eigenvalue weighted by Crippen LogP contribution is 2.15. The molecule has 152 valence electrons. The zero-order chi connectivity index (χ0) is 18.2. The van der Waals surface area contributed by atoms with Gasteiger partial charge in [0.05, 0.1) is 0 Å². The molecule has 0 bridgehead atoms. The van der Waals surface area contributed by atoms with Crippen molar-refractivity contribution in [3.05, 3.63) is 35.9 Å². The first-order chi connectivity index (χ1) is 12.8. The van der Waals surface area contributed by atoms with Crippen molar-refractivity contribution in [3.63, 3.8) is 0 Å². The summed E-state index contributed by atoms with van der Waals surface area (Å²) in [6.45, 7) is 12.3. The summed E-state index contributed by atoms with van der Waals surface area (Å²) >= 11 is 0. The van der Waals surface area contributed by atoms with Crippen molar-refractivity contribution in [3.8, 4) is 0 Å². The highest BCUT2D eigenvalue weighted by Gasteiger charge is 2.22. The molecule has 1 aromatic carbocycles. The van der Waals surface area contributed by atoms with Gasteiger partial charge in [-0.1, -0.05) is 37.3 Å². The molecule has 1 N–H and O–H groups in total. The molecule has 2 saturated heterocycles. The monoisotopic (exact) mass is 485 g/mol. The van der Waals surface area contributed by atoms with Gasteiger partial charge in [-0.2, -0.15) is 0 Å². The van der Waals surface area contributed by atoms with Crippen molar-refractivity contribution in [1.82, 2.24) is 20.0 Å². The fourth-order valence-electron chi connectivity index (χ4n) is 4.13. The molecule has 1 aromatic rings. The fraction of sp³-hybridized carbons (Fsp3) is 0.667. The Kier molecular flexibility index (Phi) is 9.86. The predicted molar refractivity (Wildman–Crippen MR) is 125 cm³/mol. The van der Waals surface area contributed by atoms with Crippen molar-refractivity contribution in [2.75, 3.05) is 59.4 Å². The lowest BCUT2D eigenvalue weighted by Gasteiger charge is -2.37. The second kappa shape index (κ2) is 11.9. The van der Waals surface area contributed by atoms with Gasteiger partial charge in [-0.05, 0) is 37.4 Å². The van der Waals surface area contributed by atoms with Gasteiger partial charge in [0.1, 0.15) is 0 Å². The van der Waals surface area contributed by atoms with Crippen LogP contribution < -0.4 is 5.32 Å². The highest BCUT2D eigenvalue weighted by atomic mass is 127. The first-order valence-corrected chi connectivity index (χ1v) is 10.2. The van der Waals surface area contributed by atoms with Crippen LogP contribution >= 0.6 is 24.0 Å². The van der Waals surface area contributed by atoms with Crippen LogP contribution in [0.3, 0.4) is 0 Å². The van der Waals surface area contributed by atoms with E-state index in [2.05, 4.69) is 62.3 Å². The third kappa shape index (κ3) is 6.91. The van der Waals surface area contributed by atoms with Gasteiger partial charge in [-0.25, -0.2) is 0 Å². The van der Waals surface area contributed by atoms with Crippen LogP contribution in [0.25, 0.3) is 0 Å². The van der Waals surface area contributed by atoms with Crippen LogP contribution in [0.2, 0.25) is 0 Å². The molecule has 6 heteroatoms. The number of halogens is 1. The average molecular weight is 485 g/mol. The minimum Gasteiger partial charge on any atom is -0.356 e. The van der Waals surface area contributed by atoms with Crippen LogP contribution in [0.15, 0.2) is 35.3 Å². The number of nitrogens with one attached hydrogen (secondary N) is 1. The Balaban J connectivity index is 0.00000261. The summed E-state index contributed by atoms with van der Waals surface area (Å²) in [4.78, 5) is 12.1. The Morgan fingerprint density at radius 2 is 1.81 bits per heavy atom. The molecule has 0 aromatic heterocycles. The van der Waals surface area contributed by atoms with Crippen molar-refractivity contribution < 1.29 is 0 Å². The molecule has 2 fully saturated rings. The molecule has 0 amide bonds. The maximum atomic E-state index is 4.54. The van der Waals surface area contributed by atoms with E-state index < -0.39 is 0 Å². The van der Waals surface area contributed by atoms with E-state index in [9.17, 15) is 0 Å². The lowest BCUT2D eigenvalue weighted by atomic mass is 9.98. The first kappa shape index (κ1) is 22.4. The molecule has 2 aliphatic rings. The predicted octanol–water partition coefficient (Wildman–Crippen LogP) is 2.73. The Bertz CT molecular complexity index is 557. The van der Waals surface area contributed by atoms with E-state index in [1.807, 2.05) is 7.05 Å². The number of piperidine rings is 1. The molecule has 5 nitrogen and oxygen atoms in total. The number of guanidine groups is 1.